The van der Waals surface area contributed by atoms with Crippen LogP contribution < -0.4 is 9.64 Å². The Bertz CT molecular complexity index is 445. The first-order valence-corrected chi connectivity index (χ1v) is 7.51. The number of amides is 1. The molecule has 1 aromatic rings. The first-order valence-electron chi connectivity index (χ1n) is 6.98. The van der Waals surface area contributed by atoms with Gasteiger partial charge < -0.3 is 14.5 Å². The van der Waals surface area contributed by atoms with E-state index in [1.54, 1.807) is 7.11 Å². The summed E-state index contributed by atoms with van der Waals surface area (Å²) in [5.41, 5.74) is 1.10. The molecule has 0 atom stereocenters. The molecule has 0 saturated carbocycles. The second kappa shape index (κ2) is 7.39. The lowest BCUT2D eigenvalue weighted by Gasteiger charge is -2.36. The zero-order chi connectivity index (χ0) is 14.4. The van der Waals surface area contributed by atoms with Crippen LogP contribution in [0.4, 0.5) is 5.69 Å². The summed E-state index contributed by atoms with van der Waals surface area (Å²) in [5, 5.41) is 0. The highest BCUT2D eigenvalue weighted by atomic mass is 35.5. The molecule has 0 unspecified atom stereocenters. The highest BCUT2D eigenvalue weighted by Crippen LogP contribution is 2.28. The number of nitrogens with zero attached hydrogens (tertiary/aromatic N) is 2. The van der Waals surface area contributed by atoms with Crippen molar-refractivity contribution in [1.29, 1.82) is 0 Å². The number of piperazine rings is 1. The monoisotopic (exact) mass is 296 g/mol. The lowest BCUT2D eigenvalue weighted by Crippen LogP contribution is -2.48. The molecule has 1 fully saturated rings. The molecule has 1 aromatic carbocycles. The Kier molecular flexibility index (Phi) is 5.53. The minimum atomic E-state index is 0.213. The molecule has 110 valence electrons. The highest BCUT2D eigenvalue weighted by Gasteiger charge is 2.22. The van der Waals surface area contributed by atoms with Crippen LogP contribution in [0.3, 0.4) is 0 Å². The largest absolute Gasteiger partial charge is 0.495 e. The quantitative estimate of drug-likeness (QED) is 0.782. The lowest BCUT2D eigenvalue weighted by atomic mass is 10.2. The van der Waals surface area contributed by atoms with Crippen LogP contribution in [0.2, 0.25) is 0 Å². The summed E-state index contributed by atoms with van der Waals surface area (Å²) < 4.78 is 5.39. The van der Waals surface area contributed by atoms with Gasteiger partial charge in [0.2, 0.25) is 5.91 Å². The van der Waals surface area contributed by atoms with Crippen LogP contribution in [0.15, 0.2) is 24.3 Å². The molecular weight excluding hydrogens is 276 g/mol. The van der Waals surface area contributed by atoms with Gasteiger partial charge in [-0.15, -0.1) is 11.6 Å². The summed E-state index contributed by atoms with van der Waals surface area (Å²) >= 11 is 5.63. The zero-order valence-electron chi connectivity index (χ0n) is 11.8. The maximum Gasteiger partial charge on any atom is 0.222 e. The molecule has 0 aromatic heterocycles. The van der Waals surface area contributed by atoms with Gasteiger partial charge in [-0.25, -0.2) is 0 Å². The van der Waals surface area contributed by atoms with Crippen LogP contribution in [0, 0.1) is 0 Å². The predicted molar refractivity (Wildman–Crippen MR) is 81.7 cm³/mol. The van der Waals surface area contributed by atoms with Gasteiger partial charge in [-0.2, -0.15) is 0 Å². The minimum absolute atomic E-state index is 0.213. The Labute approximate surface area is 125 Å². The number of anilines is 1. The second-order valence-corrected chi connectivity index (χ2v) is 5.21. The average molecular weight is 297 g/mol. The smallest absolute Gasteiger partial charge is 0.222 e. The third-order valence-corrected chi connectivity index (χ3v) is 3.85. The van der Waals surface area contributed by atoms with Gasteiger partial charge in [0.15, 0.2) is 0 Å². The maximum atomic E-state index is 11.9. The van der Waals surface area contributed by atoms with Gasteiger partial charge in [0.05, 0.1) is 12.8 Å². The van der Waals surface area contributed by atoms with E-state index in [-0.39, 0.29) is 5.91 Å². The third kappa shape index (κ3) is 3.57. The van der Waals surface area contributed by atoms with Gasteiger partial charge in [0, 0.05) is 38.5 Å². The minimum Gasteiger partial charge on any atom is -0.495 e. The summed E-state index contributed by atoms with van der Waals surface area (Å²) in [6, 6.07) is 8.00. The third-order valence-electron chi connectivity index (χ3n) is 3.58. The van der Waals surface area contributed by atoms with Crippen molar-refractivity contribution in [3.8, 4) is 5.75 Å². The average Bonchev–Trinajstić information content (AvgIpc) is 2.52. The highest BCUT2D eigenvalue weighted by molar-refractivity contribution is 6.17. The number of carbonyl (C=O) groups is 1. The normalized spacial score (nSPS) is 15.3. The summed E-state index contributed by atoms with van der Waals surface area (Å²) in [4.78, 5) is 16.1. The standard InChI is InChI=1S/C15H21ClN2O2/c1-20-14-6-3-2-5-13(14)17-9-11-18(12-10-17)15(19)7-4-8-16/h2-3,5-6H,4,7-12H2,1H3. The Hall–Kier alpha value is -1.42. The Morgan fingerprint density at radius 3 is 2.60 bits per heavy atom. The fourth-order valence-corrected chi connectivity index (χ4v) is 2.60. The number of rotatable bonds is 5. The Morgan fingerprint density at radius 2 is 1.95 bits per heavy atom. The summed E-state index contributed by atoms with van der Waals surface area (Å²) in [6.45, 7) is 3.21. The molecule has 20 heavy (non-hydrogen) atoms. The van der Waals surface area contributed by atoms with Crippen molar-refractivity contribution in [1.82, 2.24) is 4.90 Å². The van der Waals surface area contributed by atoms with Crippen molar-refractivity contribution < 1.29 is 9.53 Å². The number of halogens is 1. The number of hydrogen-bond donors (Lipinski definition) is 0. The summed E-state index contributed by atoms with van der Waals surface area (Å²) in [6.07, 6.45) is 1.31. The van der Waals surface area contributed by atoms with E-state index in [0.717, 1.165) is 44.0 Å². The van der Waals surface area contributed by atoms with E-state index in [1.807, 2.05) is 23.1 Å². The molecule has 0 radical (unpaired) electrons. The van der Waals surface area contributed by atoms with E-state index in [1.165, 1.54) is 0 Å². The first-order chi connectivity index (χ1) is 9.76. The van der Waals surface area contributed by atoms with Crippen molar-refractivity contribution in [3.05, 3.63) is 24.3 Å². The summed E-state index contributed by atoms with van der Waals surface area (Å²) in [5.74, 6) is 1.65. The van der Waals surface area contributed by atoms with E-state index in [0.29, 0.717) is 12.3 Å². The van der Waals surface area contributed by atoms with Crippen molar-refractivity contribution in [2.24, 2.45) is 0 Å². The van der Waals surface area contributed by atoms with Gasteiger partial charge in [0.25, 0.3) is 0 Å². The van der Waals surface area contributed by atoms with Gasteiger partial charge in [-0.05, 0) is 18.6 Å². The molecule has 1 aliphatic heterocycles. The Balaban J connectivity index is 1.92. The molecule has 0 bridgehead atoms. The van der Waals surface area contributed by atoms with E-state index < -0.39 is 0 Å². The summed E-state index contributed by atoms with van der Waals surface area (Å²) in [7, 11) is 1.69. The topological polar surface area (TPSA) is 32.8 Å². The van der Waals surface area contributed by atoms with E-state index >= 15 is 0 Å². The van der Waals surface area contributed by atoms with Crippen molar-refractivity contribution >= 4 is 23.2 Å². The van der Waals surface area contributed by atoms with E-state index in [4.69, 9.17) is 16.3 Å². The fraction of sp³-hybridized carbons (Fsp3) is 0.533. The van der Waals surface area contributed by atoms with Gasteiger partial charge in [0.1, 0.15) is 5.75 Å². The Morgan fingerprint density at radius 1 is 1.25 bits per heavy atom. The molecular formula is C15H21ClN2O2. The number of alkyl halides is 1. The lowest BCUT2D eigenvalue weighted by molar-refractivity contribution is -0.131. The van der Waals surface area contributed by atoms with E-state index in [9.17, 15) is 4.79 Å². The number of para-hydroxylation sites is 2. The van der Waals surface area contributed by atoms with Gasteiger partial charge in [-0.1, -0.05) is 12.1 Å². The van der Waals surface area contributed by atoms with Crippen LogP contribution in [-0.4, -0.2) is 50.0 Å². The zero-order valence-corrected chi connectivity index (χ0v) is 12.6. The predicted octanol–water partition coefficient (Wildman–Crippen LogP) is 2.36. The number of carbonyl (C=O) groups excluding carboxylic acids is 1. The van der Waals surface area contributed by atoms with Crippen molar-refractivity contribution in [3.63, 3.8) is 0 Å². The molecule has 0 N–H and O–H groups in total. The molecule has 1 aliphatic rings. The molecule has 2 rings (SSSR count). The first kappa shape index (κ1) is 15.0. The van der Waals surface area contributed by atoms with Crippen LogP contribution in [0.5, 0.6) is 5.75 Å². The molecule has 1 saturated heterocycles. The van der Waals surface area contributed by atoms with Gasteiger partial charge >= 0.3 is 0 Å². The van der Waals surface area contributed by atoms with Crippen LogP contribution >= 0.6 is 11.6 Å². The second-order valence-electron chi connectivity index (χ2n) is 4.83. The number of benzene rings is 1. The molecule has 5 heteroatoms. The molecule has 4 nitrogen and oxygen atoms in total. The van der Waals surface area contributed by atoms with Crippen LogP contribution in [-0.2, 0) is 4.79 Å². The van der Waals surface area contributed by atoms with Crippen LogP contribution in [0.25, 0.3) is 0 Å². The fourth-order valence-electron chi connectivity index (χ4n) is 2.46. The molecule has 1 amide bonds. The number of methoxy groups -OCH3 is 1. The molecule has 0 aliphatic carbocycles. The number of ether oxygens (including phenoxy) is 1. The molecule has 1 heterocycles. The maximum absolute atomic E-state index is 11.9. The van der Waals surface area contributed by atoms with Crippen LogP contribution in [0.1, 0.15) is 12.8 Å². The SMILES string of the molecule is COc1ccccc1N1CCN(C(=O)CCCCl)CC1. The molecule has 0 spiro atoms. The number of hydrogen-bond acceptors (Lipinski definition) is 3. The van der Waals surface area contributed by atoms with Gasteiger partial charge in [-0.3, -0.25) is 4.79 Å². The van der Waals surface area contributed by atoms with Crippen molar-refractivity contribution in [2.45, 2.75) is 12.8 Å². The van der Waals surface area contributed by atoms with E-state index in [2.05, 4.69) is 11.0 Å². The van der Waals surface area contributed by atoms with Crippen molar-refractivity contribution in [2.75, 3.05) is 44.1 Å².